The van der Waals surface area contributed by atoms with Crippen molar-refractivity contribution >= 4 is 33.5 Å². The molecule has 0 spiro atoms. The number of carboxylic acids is 1. The Bertz CT molecular complexity index is 499. The highest BCUT2D eigenvalue weighted by Crippen LogP contribution is 2.26. The fraction of sp³-hybridized carbons (Fsp3) is 0.846. The maximum absolute atomic E-state index is 12.3. The molecule has 1 aliphatic carbocycles. The fourth-order valence-corrected chi connectivity index (χ4v) is 5.83. The lowest BCUT2D eigenvalue weighted by atomic mass is 10.2. The summed E-state index contributed by atoms with van der Waals surface area (Å²) >= 11 is 1.60. The molecule has 1 N–H and O–H groups in total. The van der Waals surface area contributed by atoms with Gasteiger partial charge in [0.25, 0.3) is 0 Å². The molecule has 1 heterocycles. The van der Waals surface area contributed by atoms with Crippen LogP contribution in [0.1, 0.15) is 32.1 Å². The second-order valence-electron chi connectivity index (χ2n) is 5.63. The topological polar surface area (TPSA) is 91.8 Å². The second-order valence-corrected chi connectivity index (χ2v) is 9.06. The van der Waals surface area contributed by atoms with Crippen molar-refractivity contribution in [2.75, 3.05) is 23.8 Å². The SMILES string of the molecule is O=C(O)CC1CSCCN1C(=O)CS(=O)(=O)C1CCCC1. The molecule has 1 saturated heterocycles. The first kappa shape index (κ1) is 16.6. The van der Waals surface area contributed by atoms with E-state index >= 15 is 0 Å². The number of thioether (sulfide) groups is 1. The Morgan fingerprint density at radius 3 is 2.52 bits per heavy atom. The monoisotopic (exact) mass is 335 g/mol. The van der Waals surface area contributed by atoms with Crippen molar-refractivity contribution in [3.63, 3.8) is 0 Å². The smallest absolute Gasteiger partial charge is 0.305 e. The molecule has 2 rings (SSSR count). The zero-order valence-electron chi connectivity index (χ0n) is 11.9. The highest BCUT2D eigenvalue weighted by molar-refractivity contribution is 7.99. The van der Waals surface area contributed by atoms with Gasteiger partial charge in [0, 0.05) is 18.1 Å². The van der Waals surface area contributed by atoms with Crippen LogP contribution < -0.4 is 0 Å². The Morgan fingerprint density at radius 1 is 1.24 bits per heavy atom. The maximum atomic E-state index is 12.3. The lowest BCUT2D eigenvalue weighted by Gasteiger charge is -2.34. The zero-order chi connectivity index (χ0) is 15.5. The molecule has 0 aromatic carbocycles. The molecule has 0 aromatic rings. The number of nitrogens with zero attached hydrogens (tertiary/aromatic N) is 1. The zero-order valence-corrected chi connectivity index (χ0v) is 13.5. The molecule has 120 valence electrons. The minimum atomic E-state index is -3.41. The molecule has 0 bridgehead atoms. The molecular weight excluding hydrogens is 314 g/mol. The molecular formula is C13H21NO5S2. The van der Waals surface area contributed by atoms with Gasteiger partial charge in [0.2, 0.25) is 5.91 Å². The number of rotatable bonds is 5. The molecule has 1 atom stereocenters. The van der Waals surface area contributed by atoms with Crippen molar-refractivity contribution in [2.24, 2.45) is 0 Å². The summed E-state index contributed by atoms with van der Waals surface area (Å²) in [4.78, 5) is 24.6. The number of sulfone groups is 1. The molecule has 1 aliphatic heterocycles. The number of carboxylic acid groups (broad SMARTS) is 1. The van der Waals surface area contributed by atoms with Crippen LogP contribution in [-0.4, -0.2) is 65.4 Å². The lowest BCUT2D eigenvalue weighted by Crippen LogP contribution is -2.49. The number of hydrogen-bond acceptors (Lipinski definition) is 5. The number of aliphatic carboxylic acids is 1. The van der Waals surface area contributed by atoms with E-state index in [0.29, 0.717) is 25.1 Å². The van der Waals surface area contributed by atoms with Crippen LogP contribution in [0.15, 0.2) is 0 Å². The van der Waals surface area contributed by atoms with Crippen molar-refractivity contribution in [2.45, 2.75) is 43.4 Å². The van der Waals surface area contributed by atoms with E-state index in [2.05, 4.69) is 0 Å². The van der Waals surface area contributed by atoms with E-state index in [0.717, 1.165) is 18.6 Å². The van der Waals surface area contributed by atoms with Crippen molar-refractivity contribution in [1.82, 2.24) is 4.90 Å². The van der Waals surface area contributed by atoms with E-state index in [1.807, 2.05) is 0 Å². The first-order chi connectivity index (χ1) is 9.90. The highest BCUT2D eigenvalue weighted by Gasteiger charge is 2.35. The minimum absolute atomic E-state index is 0.123. The van der Waals surface area contributed by atoms with Gasteiger partial charge >= 0.3 is 5.97 Å². The normalized spacial score (nSPS) is 24.2. The van der Waals surface area contributed by atoms with Crippen molar-refractivity contribution in [3.8, 4) is 0 Å². The quantitative estimate of drug-likeness (QED) is 0.797. The van der Waals surface area contributed by atoms with Crippen LogP contribution in [0.25, 0.3) is 0 Å². The fourth-order valence-electron chi connectivity index (χ4n) is 2.97. The van der Waals surface area contributed by atoms with E-state index in [1.165, 1.54) is 4.90 Å². The highest BCUT2D eigenvalue weighted by atomic mass is 32.2. The molecule has 1 amide bonds. The van der Waals surface area contributed by atoms with Crippen LogP contribution in [-0.2, 0) is 19.4 Å². The van der Waals surface area contributed by atoms with E-state index in [9.17, 15) is 18.0 Å². The molecule has 1 unspecified atom stereocenters. The minimum Gasteiger partial charge on any atom is -0.481 e. The second kappa shape index (κ2) is 7.00. The molecule has 6 nitrogen and oxygen atoms in total. The standard InChI is InChI=1S/C13H21NO5S2/c15-12(9-21(18,19)11-3-1-2-4-11)14-5-6-20-8-10(14)7-13(16)17/h10-11H,1-9H2,(H,16,17). The summed E-state index contributed by atoms with van der Waals surface area (Å²) in [6.45, 7) is 0.432. The predicted molar refractivity (Wildman–Crippen MR) is 81.1 cm³/mol. The van der Waals surface area contributed by atoms with Gasteiger partial charge in [-0.1, -0.05) is 12.8 Å². The first-order valence-corrected chi connectivity index (χ1v) is 10.1. The molecule has 21 heavy (non-hydrogen) atoms. The summed E-state index contributed by atoms with van der Waals surface area (Å²) in [5.74, 6) is -0.585. The Labute approximate surface area is 129 Å². The average molecular weight is 335 g/mol. The summed E-state index contributed by atoms with van der Waals surface area (Å²) in [6, 6.07) is -0.396. The largest absolute Gasteiger partial charge is 0.481 e. The number of carbonyl (C=O) groups is 2. The predicted octanol–water partition coefficient (Wildman–Crippen LogP) is 0.763. The third kappa shape index (κ3) is 4.35. The van der Waals surface area contributed by atoms with Gasteiger partial charge in [-0.3, -0.25) is 9.59 Å². The Hall–Kier alpha value is -0.760. The van der Waals surface area contributed by atoms with Crippen LogP contribution in [0.3, 0.4) is 0 Å². The molecule has 0 aromatic heterocycles. The van der Waals surface area contributed by atoms with Crippen LogP contribution in [0.2, 0.25) is 0 Å². The van der Waals surface area contributed by atoms with Crippen molar-refractivity contribution in [1.29, 1.82) is 0 Å². The van der Waals surface area contributed by atoms with E-state index in [1.54, 1.807) is 11.8 Å². The number of hydrogen-bond donors (Lipinski definition) is 1. The van der Waals surface area contributed by atoms with Gasteiger partial charge < -0.3 is 10.0 Å². The van der Waals surface area contributed by atoms with E-state index in [-0.39, 0.29) is 6.42 Å². The summed E-state index contributed by atoms with van der Waals surface area (Å²) in [7, 11) is -3.41. The van der Waals surface area contributed by atoms with Crippen LogP contribution in [0.4, 0.5) is 0 Å². The molecule has 2 fully saturated rings. The van der Waals surface area contributed by atoms with Gasteiger partial charge in [-0.25, -0.2) is 8.42 Å². The Balaban J connectivity index is 2.01. The van der Waals surface area contributed by atoms with Crippen LogP contribution in [0.5, 0.6) is 0 Å². The lowest BCUT2D eigenvalue weighted by molar-refractivity contribution is -0.139. The molecule has 8 heteroatoms. The van der Waals surface area contributed by atoms with E-state index < -0.39 is 38.8 Å². The van der Waals surface area contributed by atoms with Gasteiger partial charge in [-0.05, 0) is 12.8 Å². The molecule has 2 aliphatic rings. The molecule has 0 radical (unpaired) electrons. The van der Waals surface area contributed by atoms with Crippen LogP contribution in [0, 0.1) is 0 Å². The number of carbonyl (C=O) groups excluding carboxylic acids is 1. The van der Waals surface area contributed by atoms with E-state index in [4.69, 9.17) is 5.11 Å². The molecule has 1 saturated carbocycles. The average Bonchev–Trinajstić information content (AvgIpc) is 2.92. The summed E-state index contributed by atoms with van der Waals surface area (Å²) in [5, 5.41) is 8.51. The van der Waals surface area contributed by atoms with Crippen molar-refractivity contribution < 1.29 is 23.1 Å². The summed E-state index contributed by atoms with van der Waals surface area (Å²) in [5.41, 5.74) is 0. The Morgan fingerprint density at radius 2 is 1.90 bits per heavy atom. The first-order valence-electron chi connectivity index (χ1n) is 7.21. The van der Waals surface area contributed by atoms with Gasteiger partial charge in [0.05, 0.1) is 17.7 Å². The van der Waals surface area contributed by atoms with Gasteiger partial charge in [-0.15, -0.1) is 0 Å². The Kier molecular flexibility index (Phi) is 5.54. The third-order valence-electron chi connectivity index (χ3n) is 4.09. The summed E-state index contributed by atoms with van der Waals surface area (Å²) in [6.07, 6.45) is 2.97. The third-order valence-corrected chi connectivity index (χ3v) is 7.32. The van der Waals surface area contributed by atoms with Gasteiger partial charge in [0.15, 0.2) is 9.84 Å². The van der Waals surface area contributed by atoms with Crippen molar-refractivity contribution in [3.05, 3.63) is 0 Å². The van der Waals surface area contributed by atoms with Gasteiger partial charge in [0.1, 0.15) is 5.75 Å². The summed E-state index contributed by atoms with van der Waals surface area (Å²) < 4.78 is 24.5. The maximum Gasteiger partial charge on any atom is 0.305 e. The number of amides is 1. The van der Waals surface area contributed by atoms with Gasteiger partial charge in [-0.2, -0.15) is 11.8 Å². The van der Waals surface area contributed by atoms with Crippen LogP contribution >= 0.6 is 11.8 Å².